The molecule has 106 valence electrons. The van der Waals surface area contributed by atoms with Crippen molar-refractivity contribution >= 4 is 5.69 Å². The zero-order valence-electron chi connectivity index (χ0n) is 10.6. The Morgan fingerprint density at radius 3 is 2.81 bits per heavy atom. The molecule has 0 atom stereocenters. The smallest absolute Gasteiger partial charge is 0.395 e. The Bertz CT molecular complexity index is 728. The number of aromatic nitrogens is 1. The highest BCUT2D eigenvalue weighted by Crippen LogP contribution is 2.42. The van der Waals surface area contributed by atoms with Crippen LogP contribution >= 0.6 is 0 Å². The van der Waals surface area contributed by atoms with Crippen LogP contribution in [0.25, 0.3) is 0 Å². The quantitative estimate of drug-likeness (QED) is 0.941. The van der Waals surface area contributed by atoms with E-state index in [1.165, 1.54) is 18.3 Å². The molecule has 5 nitrogen and oxygen atoms in total. The van der Waals surface area contributed by atoms with E-state index >= 15 is 0 Å². The highest BCUT2D eigenvalue weighted by atomic mass is 19.3. The number of alkyl halides is 2. The normalized spacial score (nSPS) is 14.5. The summed E-state index contributed by atoms with van der Waals surface area (Å²) in [6.07, 6.45) is -2.08. The molecule has 0 aliphatic carbocycles. The molecule has 0 saturated carbocycles. The number of fused-ring (bicyclic) bond motifs is 1. The number of nitriles is 1. The fourth-order valence-corrected chi connectivity index (χ4v) is 1.91. The van der Waals surface area contributed by atoms with Crippen LogP contribution in [0.4, 0.5) is 14.5 Å². The van der Waals surface area contributed by atoms with Gasteiger partial charge in [-0.15, -0.1) is 8.78 Å². The van der Waals surface area contributed by atoms with E-state index in [2.05, 4.69) is 19.8 Å². The number of rotatable bonds is 3. The zero-order chi connectivity index (χ0) is 14.9. The molecule has 0 saturated heterocycles. The van der Waals surface area contributed by atoms with Gasteiger partial charge in [0, 0.05) is 24.5 Å². The lowest BCUT2D eigenvalue weighted by atomic mass is 10.2. The van der Waals surface area contributed by atoms with E-state index in [-0.39, 0.29) is 11.5 Å². The summed E-state index contributed by atoms with van der Waals surface area (Å²) in [7, 11) is 0. The van der Waals surface area contributed by atoms with Gasteiger partial charge in [-0.1, -0.05) is 0 Å². The summed E-state index contributed by atoms with van der Waals surface area (Å²) >= 11 is 0. The van der Waals surface area contributed by atoms with Gasteiger partial charge in [-0.2, -0.15) is 5.26 Å². The fraction of sp³-hybridized carbons (Fsp3) is 0.143. The van der Waals surface area contributed by atoms with Crippen molar-refractivity contribution in [3.8, 4) is 17.6 Å². The van der Waals surface area contributed by atoms with Gasteiger partial charge in [0.25, 0.3) is 0 Å². The second kappa shape index (κ2) is 4.90. The van der Waals surface area contributed by atoms with Gasteiger partial charge in [0.1, 0.15) is 11.8 Å². The highest BCUT2D eigenvalue weighted by molar-refractivity contribution is 5.56. The highest BCUT2D eigenvalue weighted by Gasteiger charge is 2.43. The van der Waals surface area contributed by atoms with Crippen LogP contribution in [0.5, 0.6) is 11.5 Å². The van der Waals surface area contributed by atoms with Gasteiger partial charge in [-0.25, -0.2) is 4.98 Å². The first-order chi connectivity index (χ1) is 10.1. The molecule has 0 amide bonds. The van der Waals surface area contributed by atoms with Crippen LogP contribution in [0.15, 0.2) is 36.5 Å². The maximum absolute atomic E-state index is 12.9. The molecule has 0 spiro atoms. The Kier molecular flexibility index (Phi) is 3.06. The number of nitrogens with zero attached hydrogens (tertiary/aromatic N) is 2. The number of halogens is 2. The van der Waals surface area contributed by atoms with Crippen LogP contribution in [-0.4, -0.2) is 11.3 Å². The standard InChI is InChI=1S/C14H9F2N3O2/c15-14(16)20-12-2-1-10(6-13(12)21-14)19-8-9-3-4-18-11(5-9)7-17/h1-6,19H,8H2. The van der Waals surface area contributed by atoms with E-state index in [1.807, 2.05) is 6.07 Å². The Morgan fingerprint density at radius 1 is 1.19 bits per heavy atom. The van der Waals surface area contributed by atoms with Crippen molar-refractivity contribution in [1.82, 2.24) is 4.98 Å². The maximum Gasteiger partial charge on any atom is 0.586 e. The second-order valence-corrected chi connectivity index (χ2v) is 4.34. The Morgan fingerprint density at radius 2 is 2.00 bits per heavy atom. The topological polar surface area (TPSA) is 67.2 Å². The number of hydrogen-bond acceptors (Lipinski definition) is 5. The summed E-state index contributed by atoms with van der Waals surface area (Å²) in [4.78, 5) is 3.87. The maximum atomic E-state index is 12.9. The van der Waals surface area contributed by atoms with Crippen molar-refractivity contribution in [3.63, 3.8) is 0 Å². The molecule has 2 aromatic rings. The third-order valence-electron chi connectivity index (χ3n) is 2.84. The minimum absolute atomic E-state index is 0.00114. The lowest BCUT2D eigenvalue weighted by molar-refractivity contribution is -0.286. The molecule has 1 aromatic carbocycles. The SMILES string of the molecule is N#Cc1cc(CNc2ccc3c(c2)OC(F)(F)O3)ccn1. The van der Waals surface area contributed by atoms with Crippen LogP contribution in [0.3, 0.4) is 0 Å². The largest absolute Gasteiger partial charge is 0.586 e. The van der Waals surface area contributed by atoms with Crippen LogP contribution < -0.4 is 14.8 Å². The molecule has 0 unspecified atom stereocenters. The Balaban J connectivity index is 1.71. The minimum atomic E-state index is -3.62. The summed E-state index contributed by atoms with van der Waals surface area (Å²) in [5.74, 6) is -0.0151. The molecule has 1 aliphatic rings. The molecule has 1 aromatic heterocycles. The molecular formula is C14H9F2N3O2. The van der Waals surface area contributed by atoms with Gasteiger partial charge >= 0.3 is 6.29 Å². The van der Waals surface area contributed by atoms with Crippen molar-refractivity contribution in [2.75, 3.05) is 5.32 Å². The first kappa shape index (κ1) is 13.1. The molecular weight excluding hydrogens is 280 g/mol. The van der Waals surface area contributed by atoms with Gasteiger partial charge < -0.3 is 14.8 Å². The van der Waals surface area contributed by atoms with Crippen molar-refractivity contribution in [2.24, 2.45) is 0 Å². The van der Waals surface area contributed by atoms with E-state index in [1.54, 1.807) is 18.2 Å². The molecule has 1 aliphatic heterocycles. The summed E-state index contributed by atoms with van der Waals surface area (Å²) in [6, 6.07) is 9.80. The van der Waals surface area contributed by atoms with E-state index in [0.717, 1.165) is 5.56 Å². The van der Waals surface area contributed by atoms with Crippen LogP contribution in [-0.2, 0) is 6.54 Å². The van der Waals surface area contributed by atoms with Gasteiger partial charge in [0.15, 0.2) is 11.5 Å². The lowest BCUT2D eigenvalue weighted by Crippen LogP contribution is -2.25. The Labute approximate surface area is 118 Å². The van der Waals surface area contributed by atoms with E-state index in [0.29, 0.717) is 17.9 Å². The predicted octanol–water partition coefficient (Wildman–Crippen LogP) is 2.89. The van der Waals surface area contributed by atoms with Gasteiger partial charge in [0.05, 0.1) is 0 Å². The van der Waals surface area contributed by atoms with Crippen LogP contribution in [0, 0.1) is 11.3 Å². The van der Waals surface area contributed by atoms with Crippen LogP contribution in [0.1, 0.15) is 11.3 Å². The lowest BCUT2D eigenvalue weighted by Gasteiger charge is -2.07. The second-order valence-electron chi connectivity index (χ2n) is 4.34. The first-order valence-corrected chi connectivity index (χ1v) is 6.04. The van der Waals surface area contributed by atoms with Gasteiger partial charge in [0.2, 0.25) is 0 Å². The third kappa shape index (κ3) is 2.84. The van der Waals surface area contributed by atoms with E-state index in [9.17, 15) is 8.78 Å². The molecule has 1 N–H and O–H groups in total. The van der Waals surface area contributed by atoms with Crippen molar-refractivity contribution < 1.29 is 18.3 Å². The first-order valence-electron chi connectivity index (χ1n) is 6.04. The Hall–Kier alpha value is -2.88. The molecule has 0 bridgehead atoms. The third-order valence-corrected chi connectivity index (χ3v) is 2.84. The number of pyridine rings is 1. The number of anilines is 1. The van der Waals surface area contributed by atoms with Crippen molar-refractivity contribution in [2.45, 2.75) is 12.8 Å². The van der Waals surface area contributed by atoms with Gasteiger partial charge in [-0.3, -0.25) is 0 Å². The predicted molar refractivity (Wildman–Crippen MR) is 68.9 cm³/mol. The molecule has 21 heavy (non-hydrogen) atoms. The molecule has 0 fully saturated rings. The molecule has 7 heteroatoms. The summed E-state index contributed by atoms with van der Waals surface area (Å²) < 4.78 is 34.5. The molecule has 2 heterocycles. The summed E-state index contributed by atoms with van der Waals surface area (Å²) in [5.41, 5.74) is 1.77. The number of ether oxygens (including phenoxy) is 2. The van der Waals surface area contributed by atoms with E-state index in [4.69, 9.17) is 5.26 Å². The monoisotopic (exact) mass is 289 g/mol. The van der Waals surface area contributed by atoms with Gasteiger partial charge in [-0.05, 0) is 29.8 Å². The molecule has 3 rings (SSSR count). The number of nitrogens with one attached hydrogen (secondary N) is 1. The zero-order valence-corrected chi connectivity index (χ0v) is 10.6. The fourth-order valence-electron chi connectivity index (χ4n) is 1.91. The van der Waals surface area contributed by atoms with E-state index < -0.39 is 6.29 Å². The average Bonchev–Trinajstić information content (AvgIpc) is 2.78. The minimum Gasteiger partial charge on any atom is -0.395 e. The van der Waals surface area contributed by atoms with Crippen molar-refractivity contribution in [3.05, 3.63) is 47.8 Å². The average molecular weight is 289 g/mol. The van der Waals surface area contributed by atoms with Crippen LogP contribution in [0.2, 0.25) is 0 Å². The number of hydrogen-bond donors (Lipinski definition) is 1. The van der Waals surface area contributed by atoms with Crippen molar-refractivity contribution in [1.29, 1.82) is 5.26 Å². The molecule has 0 radical (unpaired) electrons. The summed E-state index contributed by atoms with van der Waals surface area (Å²) in [5, 5.41) is 11.8. The number of benzene rings is 1. The summed E-state index contributed by atoms with van der Waals surface area (Å²) in [6.45, 7) is 0.424.